The van der Waals surface area contributed by atoms with E-state index in [-0.39, 0.29) is 11.3 Å². The van der Waals surface area contributed by atoms with Crippen LogP contribution >= 0.6 is 27.5 Å². The van der Waals surface area contributed by atoms with Gasteiger partial charge in [-0.15, -0.1) is 0 Å². The lowest BCUT2D eigenvalue weighted by atomic mass is 10.1. The van der Waals surface area contributed by atoms with Crippen LogP contribution < -0.4 is 5.73 Å². The Balaban J connectivity index is 3.18. The first-order chi connectivity index (χ1) is 7.72. The zero-order chi connectivity index (χ0) is 13.3. The van der Waals surface area contributed by atoms with Crippen molar-refractivity contribution in [1.82, 2.24) is 0 Å². The summed E-state index contributed by atoms with van der Waals surface area (Å²) < 4.78 is 21.2. The molecule has 7 heteroatoms. The van der Waals surface area contributed by atoms with Crippen LogP contribution in [0.4, 0.5) is 5.69 Å². The number of anilines is 1. The van der Waals surface area contributed by atoms with E-state index in [1.807, 2.05) is 0 Å². The minimum atomic E-state index is -3.75. The summed E-state index contributed by atoms with van der Waals surface area (Å²) in [5, 5.41) is 0. The molecule has 2 N–H and O–H groups in total. The molecular formula is C10H11BrClNO3S. The van der Waals surface area contributed by atoms with Gasteiger partial charge in [0.1, 0.15) is 0 Å². The summed E-state index contributed by atoms with van der Waals surface area (Å²) in [7, 11) is -3.75. The molecule has 0 bridgehead atoms. The fourth-order valence-corrected chi connectivity index (χ4v) is 3.24. The number of nitrogen functional groups attached to an aromatic ring is 1. The van der Waals surface area contributed by atoms with Crippen molar-refractivity contribution >= 4 is 48.8 Å². The van der Waals surface area contributed by atoms with Gasteiger partial charge in [-0.25, -0.2) is 8.42 Å². The first-order valence-corrected chi connectivity index (χ1v) is 7.55. The molecule has 0 aliphatic rings. The molecular weight excluding hydrogens is 330 g/mol. The second kappa shape index (κ2) is 4.96. The quantitative estimate of drug-likeness (QED) is 0.518. The molecule has 0 spiro atoms. The maximum Gasteiger partial charge on any atom is 0.261 e. The van der Waals surface area contributed by atoms with Gasteiger partial charge in [0.25, 0.3) is 3.12 Å². The molecule has 94 valence electrons. The van der Waals surface area contributed by atoms with Crippen LogP contribution in [0.15, 0.2) is 24.3 Å². The molecule has 0 aromatic heterocycles. The van der Waals surface area contributed by atoms with Crippen LogP contribution in [-0.2, 0) is 9.84 Å². The third kappa shape index (κ3) is 2.81. The standard InChI is InChI=1S/C10H11BrClNO3S/c1-2-17(15,16)10(11,12)9(14)7-3-5-8(13)6-4-7/h3-6H,2,13H2,1H3/t10-/m1/s1. The Morgan fingerprint density at radius 3 is 2.29 bits per heavy atom. The molecule has 1 rings (SSSR count). The number of halogens is 2. The van der Waals surface area contributed by atoms with Gasteiger partial charge in [0.05, 0.1) is 5.75 Å². The number of nitrogens with two attached hydrogens (primary N) is 1. The van der Waals surface area contributed by atoms with Crippen molar-refractivity contribution in [1.29, 1.82) is 0 Å². The number of sulfone groups is 1. The van der Waals surface area contributed by atoms with Gasteiger partial charge in [-0.1, -0.05) is 18.5 Å². The van der Waals surface area contributed by atoms with Gasteiger partial charge in [-0.2, -0.15) is 0 Å². The molecule has 1 aromatic carbocycles. The Hall–Kier alpha value is -0.590. The zero-order valence-electron chi connectivity index (χ0n) is 8.98. The molecule has 0 saturated heterocycles. The average molecular weight is 341 g/mol. The minimum absolute atomic E-state index is 0.183. The molecule has 0 radical (unpaired) electrons. The SMILES string of the molecule is CCS(=O)(=O)[C@@](Cl)(Br)C(=O)c1ccc(N)cc1. The van der Waals surface area contributed by atoms with Crippen LogP contribution in [0.1, 0.15) is 17.3 Å². The van der Waals surface area contributed by atoms with Crippen LogP contribution in [0.25, 0.3) is 0 Å². The number of carbonyl (C=O) groups is 1. The summed E-state index contributed by atoms with van der Waals surface area (Å²) in [6.45, 7) is 1.42. The highest BCUT2D eigenvalue weighted by atomic mass is 79.9. The number of ketones is 1. The summed E-state index contributed by atoms with van der Waals surface area (Å²) >= 11 is 8.58. The number of benzene rings is 1. The molecule has 0 aliphatic heterocycles. The number of hydrogen-bond donors (Lipinski definition) is 1. The lowest BCUT2D eigenvalue weighted by molar-refractivity contribution is 0.1000. The summed E-state index contributed by atoms with van der Waals surface area (Å²) in [6.07, 6.45) is 0. The van der Waals surface area contributed by atoms with Gasteiger partial charge in [0, 0.05) is 11.3 Å². The lowest BCUT2D eigenvalue weighted by Gasteiger charge is -2.18. The van der Waals surface area contributed by atoms with Gasteiger partial charge in [0.15, 0.2) is 9.84 Å². The van der Waals surface area contributed by atoms with E-state index in [4.69, 9.17) is 17.3 Å². The molecule has 0 heterocycles. The van der Waals surface area contributed by atoms with Crippen LogP contribution in [0, 0.1) is 0 Å². The molecule has 0 unspecified atom stereocenters. The van der Waals surface area contributed by atoms with Crippen molar-refractivity contribution in [2.45, 2.75) is 10.0 Å². The first-order valence-electron chi connectivity index (χ1n) is 4.73. The second-order valence-corrected chi connectivity index (χ2v) is 8.75. The van der Waals surface area contributed by atoms with Gasteiger partial charge in [0.2, 0.25) is 5.78 Å². The molecule has 0 fully saturated rings. The monoisotopic (exact) mass is 339 g/mol. The fraction of sp³-hybridized carbons (Fsp3) is 0.300. The predicted molar refractivity (Wildman–Crippen MR) is 72.2 cm³/mol. The van der Waals surface area contributed by atoms with E-state index in [0.717, 1.165) is 0 Å². The maximum absolute atomic E-state index is 12.0. The Kier molecular flexibility index (Phi) is 4.22. The number of alkyl halides is 2. The third-order valence-electron chi connectivity index (χ3n) is 2.21. The van der Waals surface area contributed by atoms with Gasteiger partial charge in [-0.3, -0.25) is 4.79 Å². The first kappa shape index (κ1) is 14.5. The molecule has 1 atom stereocenters. The maximum atomic E-state index is 12.0. The number of hydrogen-bond acceptors (Lipinski definition) is 4. The van der Waals surface area contributed by atoms with Gasteiger partial charge in [-0.05, 0) is 40.2 Å². The molecule has 17 heavy (non-hydrogen) atoms. The van der Waals surface area contributed by atoms with E-state index in [1.54, 1.807) is 0 Å². The van der Waals surface area contributed by atoms with Gasteiger partial charge < -0.3 is 5.73 Å². The summed E-state index contributed by atoms with van der Waals surface area (Å²) in [5.74, 6) is -0.955. The van der Waals surface area contributed by atoms with Crippen molar-refractivity contribution < 1.29 is 13.2 Å². The Morgan fingerprint density at radius 1 is 1.41 bits per heavy atom. The predicted octanol–water partition coefficient (Wildman–Crippen LogP) is 2.17. The smallest absolute Gasteiger partial charge is 0.261 e. The third-order valence-corrected chi connectivity index (χ3v) is 6.65. The van der Waals surface area contributed by atoms with E-state index < -0.39 is 18.7 Å². The Labute approximate surface area is 113 Å². The van der Waals surface area contributed by atoms with Crippen LogP contribution in [0.3, 0.4) is 0 Å². The molecule has 0 saturated carbocycles. The van der Waals surface area contributed by atoms with Crippen molar-refractivity contribution in [2.24, 2.45) is 0 Å². The number of rotatable bonds is 4. The second-order valence-electron chi connectivity index (χ2n) is 3.37. The van der Waals surface area contributed by atoms with Crippen molar-refractivity contribution in [2.75, 3.05) is 11.5 Å². The minimum Gasteiger partial charge on any atom is -0.399 e. The zero-order valence-corrected chi connectivity index (χ0v) is 12.1. The Morgan fingerprint density at radius 2 is 1.88 bits per heavy atom. The normalized spacial score (nSPS) is 15.2. The summed E-state index contributed by atoms with van der Waals surface area (Å²) in [4.78, 5) is 12.0. The largest absolute Gasteiger partial charge is 0.399 e. The van der Waals surface area contributed by atoms with Crippen LogP contribution in [-0.4, -0.2) is 23.1 Å². The van der Waals surface area contributed by atoms with Crippen LogP contribution in [0.5, 0.6) is 0 Å². The van der Waals surface area contributed by atoms with Crippen molar-refractivity contribution in [3.8, 4) is 0 Å². The topological polar surface area (TPSA) is 77.2 Å². The number of Topliss-reactive ketones (excluding diaryl/α,β-unsaturated/α-hetero) is 1. The van der Waals surface area contributed by atoms with E-state index in [1.165, 1.54) is 31.2 Å². The van der Waals surface area contributed by atoms with E-state index in [0.29, 0.717) is 5.69 Å². The number of carbonyl (C=O) groups excluding carboxylic acids is 1. The summed E-state index contributed by atoms with van der Waals surface area (Å²) in [5.41, 5.74) is 6.14. The summed E-state index contributed by atoms with van der Waals surface area (Å²) in [6, 6.07) is 5.88. The lowest BCUT2D eigenvalue weighted by Crippen LogP contribution is -2.36. The molecule has 4 nitrogen and oxygen atoms in total. The molecule has 0 aliphatic carbocycles. The molecule has 1 aromatic rings. The highest BCUT2D eigenvalue weighted by Crippen LogP contribution is 2.35. The van der Waals surface area contributed by atoms with E-state index in [9.17, 15) is 13.2 Å². The van der Waals surface area contributed by atoms with E-state index >= 15 is 0 Å². The highest BCUT2D eigenvalue weighted by Gasteiger charge is 2.45. The Bertz CT molecular complexity index is 525. The van der Waals surface area contributed by atoms with E-state index in [2.05, 4.69) is 15.9 Å². The van der Waals surface area contributed by atoms with Crippen LogP contribution in [0.2, 0.25) is 0 Å². The van der Waals surface area contributed by atoms with Gasteiger partial charge >= 0.3 is 0 Å². The average Bonchev–Trinajstić information content (AvgIpc) is 2.28. The molecule has 0 amide bonds. The highest BCUT2D eigenvalue weighted by molar-refractivity contribution is 9.12. The fourth-order valence-electron chi connectivity index (χ4n) is 1.13. The van der Waals surface area contributed by atoms with Crippen molar-refractivity contribution in [3.63, 3.8) is 0 Å². The van der Waals surface area contributed by atoms with Crippen molar-refractivity contribution in [3.05, 3.63) is 29.8 Å².